The average Bonchev–Trinajstić information content (AvgIpc) is 3.38. The van der Waals surface area contributed by atoms with Gasteiger partial charge in [-0.05, 0) is 43.7 Å². The molecule has 1 aliphatic carbocycles. The molecule has 24 heavy (non-hydrogen) atoms. The minimum absolute atomic E-state index is 0.00304. The molecule has 3 rings (SSSR count). The number of aryl methyl sites for hydroxylation is 1. The van der Waals surface area contributed by atoms with Gasteiger partial charge in [0.25, 0.3) is 5.91 Å². The molecule has 1 aromatic heterocycles. The van der Waals surface area contributed by atoms with Gasteiger partial charge in [0, 0.05) is 5.69 Å². The third-order valence-electron chi connectivity index (χ3n) is 4.59. The van der Waals surface area contributed by atoms with Crippen LogP contribution in [0.3, 0.4) is 0 Å². The Balaban J connectivity index is 1.85. The van der Waals surface area contributed by atoms with Crippen molar-refractivity contribution in [2.45, 2.75) is 32.7 Å². The summed E-state index contributed by atoms with van der Waals surface area (Å²) in [7, 11) is 1.34. The van der Waals surface area contributed by atoms with E-state index in [1.54, 1.807) is 13.8 Å². The summed E-state index contributed by atoms with van der Waals surface area (Å²) in [6, 6.07) is 10.0. The Morgan fingerprint density at radius 2 is 1.88 bits per heavy atom. The van der Waals surface area contributed by atoms with Crippen LogP contribution in [-0.4, -0.2) is 24.0 Å². The minimum Gasteiger partial charge on any atom is -0.465 e. The summed E-state index contributed by atoms with van der Waals surface area (Å²) in [5.41, 5.74) is 3.24. The van der Waals surface area contributed by atoms with Crippen molar-refractivity contribution in [3.05, 3.63) is 58.4 Å². The lowest BCUT2D eigenvalue weighted by Crippen LogP contribution is -2.30. The summed E-state index contributed by atoms with van der Waals surface area (Å²) >= 11 is 0. The highest BCUT2D eigenvalue weighted by Crippen LogP contribution is 2.41. The van der Waals surface area contributed by atoms with E-state index < -0.39 is 5.97 Å². The molecular formula is C19H22N2O3. The number of carbonyl (C=O) groups excluding carboxylic acids is 2. The van der Waals surface area contributed by atoms with Gasteiger partial charge >= 0.3 is 5.97 Å². The van der Waals surface area contributed by atoms with Gasteiger partial charge < -0.3 is 15.0 Å². The molecule has 0 spiro atoms. The van der Waals surface area contributed by atoms with E-state index in [9.17, 15) is 9.59 Å². The molecule has 0 bridgehead atoms. The first kappa shape index (κ1) is 16.3. The molecule has 0 aliphatic heterocycles. The van der Waals surface area contributed by atoms with Gasteiger partial charge in [-0.3, -0.25) is 4.79 Å². The Hall–Kier alpha value is -2.56. The number of amides is 1. The first-order chi connectivity index (χ1) is 11.5. The number of methoxy groups -OCH3 is 1. The van der Waals surface area contributed by atoms with Crippen LogP contribution in [0.4, 0.5) is 0 Å². The SMILES string of the molecule is COC(=O)c1c(C)[nH]c(C(=O)NC(c2ccccc2)C2CC2)c1C. The fourth-order valence-electron chi connectivity index (χ4n) is 3.16. The summed E-state index contributed by atoms with van der Waals surface area (Å²) in [4.78, 5) is 27.7. The number of aromatic nitrogens is 1. The lowest BCUT2D eigenvalue weighted by atomic mass is 10.0. The molecule has 1 saturated carbocycles. The fraction of sp³-hybridized carbons (Fsp3) is 0.368. The first-order valence-electron chi connectivity index (χ1n) is 8.16. The van der Waals surface area contributed by atoms with Crippen LogP contribution in [0.15, 0.2) is 30.3 Å². The smallest absolute Gasteiger partial charge is 0.339 e. The van der Waals surface area contributed by atoms with E-state index in [0.717, 1.165) is 18.4 Å². The van der Waals surface area contributed by atoms with E-state index in [-0.39, 0.29) is 11.9 Å². The van der Waals surface area contributed by atoms with Crippen LogP contribution in [0, 0.1) is 19.8 Å². The zero-order valence-electron chi connectivity index (χ0n) is 14.2. The standard InChI is InChI=1S/C19H22N2O3/c1-11-15(19(23)24-3)12(2)20-16(11)18(22)21-17(14-9-10-14)13-7-5-4-6-8-13/h4-8,14,17,20H,9-10H2,1-3H3,(H,21,22). The topological polar surface area (TPSA) is 71.2 Å². The van der Waals surface area contributed by atoms with Gasteiger partial charge in [0.05, 0.1) is 18.7 Å². The van der Waals surface area contributed by atoms with Crippen LogP contribution >= 0.6 is 0 Å². The average molecular weight is 326 g/mol. The van der Waals surface area contributed by atoms with Crippen molar-refractivity contribution in [3.63, 3.8) is 0 Å². The number of benzene rings is 1. The highest BCUT2D eigenvalue weighted by Gasteiger charge is 2.34. The molecule has 0 saturated heterocycles. The van der Waals surface area contributed by atoms with Crippen molar-refractivity contribution in [1.29, 1.82) is 0 Å². The molecule has 1 fully saturated rings. The van der Waals surface area contributed by atoms with E-state index in [0.29, 0.717) is 28.4 Å². The largest absolute Gasteiger partial charge is 0.465 e. The fourth-order valence-corrected chi connectivity index (χ4v) is 3.16. The molecule has 5 nitrogen and oxygen atoms in total. The van der Waals surface area contributed by atoms with Crippen molar-refractivity contribution >= 4 is 11.9 Å². The van der Waals surface area contributed by atoms with Gasteiger partial charge in [-0.25, -0.2) is 4.79 Å². The van der Waals surface area contributed by atoms with Crippen molar-refractivity contribution < 1.29 is 14.3 Å². The number of hydrogen-bond donors (Lipinski definition) is 2. The second kappa shape index (κ2) is 6.51. The molecule has 2 aromatic rings. The van der Waals surface area contributed by atoms with E-state index in [4.69, 9.17) is 4.74 Å². The number of hydrogen-bond acceptors (Lipinski definition) is 3. The highest BCUT2D eigenvalue weighted by molar-refractivity contribution is 6.00. The Morgan fingerprint density at radius 3 is 2.46 bits per heavy atom. The van der Waals surface area contributed by atoms with E-state index in [1.807, 2.05) is 30.3 Å². The molecular weight excluding hydrogens is 304 g/mol. The highest BCUT2D eigenvalue weighted by atomic mass is 16.5. The van der Waals surface area contributed by atoms with Crippen molar-refractivity contribution in [2.75, 3.05) is 7.11 Å². The van der Waals surface area contributed by atoms with Gasteiger partial charge in [0.15, 0.2) is 0 Å². The maximum Gasteiger partial charge on any atom is 0.339 e. The summed E-state index contributed by atoms with van der Waals surface area (Å²) < 4.78 is 4.80. The summed E-state index contributed by atoms with van der Waals surface area (Å²) in [6.45, 7) is 3.53. The lowest BCUT2D eigenvalue weighted by Gasteiger charge is -2.18. The molecule has 1 atom stereocenters. The summed E-state index contributed by atoms with van der Waals surface area (Å²) in [5.74, 6) is -0.138. The lowest BCUT2D eigenvalue weighted by molar-refractivity contribution is 0.0599. The summed E-state index contributed by atoms with van der Waals surface area (Å²) in [6.07, 6.45) is 2.24. The van der Waals surface area contributed by atoms with Gasteiger partial charge in [-0.1, -0.05) is 30.3 Å². The number of esters is 1. The van der Waals surface area contributed by atoms with E-state index >= 15 is 0 Å². The third-order valence-corrected chi connectivity index (χ3v) is 4.59. The van der Waals surface area contributed by atoms with Crippen LogP contribution in [0.2, 0.25) is 0 Å². The number of carbonyl (C=O) groups is 2. The molecule has 1 unspecified atom stereocenters. The summed E-state index contributed by atoms with van der Waals surface area (Å²) in [5, 5.41) is 3.13. The molecule has 1 amide bonds. The molecule has 2 N–H and O–H groups in total. The minimum atomic E-state index is -0.429. The zero-order valence-corrected chi connectivity index (χ0v) is 14.2. The van der Waals surface area contributed by atoms with Crippen LogP contribution < -0.4 is 5.32 Å². The van der Waals surface area contributed by atoms with Gasteiger partial charge in [-0.15, -0.1) is 0 Å². The second-order valence-electron chi connectivity index (χ2n) is 6.32. The predicted molar refractivity (Wildman–Crippen MR) is 91.0 cm³/mol. The number of ether oxygens (including phenoxy) is 1. The van der Waals surface area contributed by atoms with Gasteiger partial charge in [-0.2, -0.15) is 0 Å². The normalized spacial score (nSPS) is 15.0. The van der Waals surface area contributed by atoms with Crippen molar-refractivity contribution in [1.82, 2.24) is 10.3 Å². The molecule has 0 radical (unpaired) electrons. The first-order valence-corrected chi connectivity index (χ1v) is 8.16. The predicted octanol–water partition coefficient (Wildman–Crippen LogP) is 3.30. The molecule has 1 aliphatic rings. The second-order valence-corrected chi connectivity index (χ2v) is 6.32. The number of nitrogens with one attached hydrogen (secondary N) is 2. The Bertz CT molecular complexity index is 760. The molecule has 1 aromatic carbocycles. The Morgan fingerprint density at radius 1 is 1.21 bits per heavy atom. The molecule has 5 heteroatoms. The van der Waals surface area contributed by atoms with E-state index in [1.165, 1.54) is 7.11 Å². The quantitative estimate of drug-likeness (QED) is 0.828. The molecule has 1 heterocycles. The third kappa shape index (κ3) is 3.07. The monoisotopic (exact) mass is 326 g/mol. The van der Waals surface area contributed by atoms with Gasteiger partial charge in [0.2, 0.25) is 0 Å². The van der Waals surface area contributed by atoms with Crippen molar-refractivity contribution in [3.8, 4) is 0 Å². The zero-order chi connectivity index (χ0) is 17.3. The van der Waals surface area contributed by atoms with Crippen LogP contribution in [0.1, 0.15) is 56.6 Å². The number of aromatic amines is 1. The molecule has 126 valence electrons. The van der Waals surface area contributed by atoms with Gasteiger partial charge in [0.1, 0.15) is 5.69 Å². The number of H-pyrrole nitrogens is 1. The van der Waals surface area contributed by atoms with Crippen LogP contribution in [0.25, 0.3) is 0 Å². The number of rotatable bonds is 5. The van der Waals surface area contributed by atoms with E-state index in [2.05, 4.69) is 10.3 Å². The Labute approximate surface area is 141 Å². The maximum atomic E-state index is 12.8. The van der Waals surface area contributed by atoms with Crippen LogP contribution in [0.5, 0.6) is 0 Å². The van der Waals surface area contributed by atoms with Crippen LogP contribution in [-0.2, 0) is 4.74 Å². The maximum absolute atomic E-state index is 12.8. The Kier molecular flexibility index (Phi) is 4.42. The van der Waals surface area contributed by atoms with Crippen molar-refractivity contribution in [2.24, 2.45) is 5.92 Å².